The van der Waals surface area contributed by atoms with Crippen molar-refractivity contribution < 1.29 is 9.84 Å². The van der Waals surface area contributed by atoms with E-state index in [4.69, 9.17) is 16.3 Å². The molecule has 0 unspecified atom stereocenters. The molecule has 0 aliphatic carbocycles. The molecular formula is C18H11ClO2. The molecule has 2 aliphatic heterocycles. The molecular weight excluding hydrogens is 284 g/mol. The molecule has 0 fully saturated rings. The van der Waals surface area contributed by atoms with Crippen molar-refractivity contribution in [3.63, 3.8) is 0 Å². The third-order valence-corrected chi connectivity index (χ3v) is 4.00. The number of ether oxygens (including phenoxy) is 1. The van der Waals surface area contributed by atoms with Crippen LogP contribution in [0.5, 0.6) is 17.2 Å². The van der Waals surface area contributed by atoms with Crippen molar-refractivity contribution >= 4 is 11.6 Å². The minimum absolute atomic E-state index is 0.216. The number of phenols is 1. The summed E-state index contributed by atoms with van der Waals surface area (Å²) in [7, 11) is 0. The highest BCUT2D eigenvalue weighted by Gasteiger charge is 2.34. The van der Waals surface area contributed by atoms with Gasteiger partial charge in [-0.25, -0.2) is 0 Å². The van der Waals surface area contributed by atoms with Gasteiger partial charge in [0.05, 0.1) is 11.1 Å². The van der Waals surface area contributed by atoms with Gasteiger partial charge in [0.2, 0.25) is 0 Å². The highest BCUT2D eigenvalue weighted by atomic mass is 35.5. The molecule has 2 nitrogen and oxygen atoms in total. The van der Waals surface area contributed by atoms with Crippen molar-refractivity contribution in [2.24, 2.45) is 0 Å². The molecule has 102 valence electrons. The van der Waals surface area contributed by atoms with E-state index in [0.717, 1.165) is 11.1 Å². The quantitative estimate of drug-likeness (QED) is 0.530. The Balaban J connectivity index is 2.02. The smallest absolute Gasteiger partial charge is 0.161 e. The minimum Gasteiger partial charge on any atom is -0.506 e. The van der Waals surface area contributed by atoms with Crippen LogP contribution in [0.1, 0.15) is 0 Å². The number of rotatable bonds is 2. The number of hydrogen-bond donors (Lipinski definition) is 1. The van der Waals surface area contributed by atoms with E-state index >= 15 is 0 Å². The number of halogens is 1. The molecule has 3 aromatic rings. The summed E-state index contributed by atoms with van der Waals surface area (Å²) in [5.41, 5.74) is 3.06. The summed E-state index contributed by atoms with van der Waals surface area (Å²) in [5.74, 6) is 1.32. The molecule has 0 spiro atoms. The minimum atomic E-state index is 0.216. The van der Waals surface area contributed by atoms with Crippen LogP contribution in [0, 0.1) is 0 Å². The summed E-state index contributed by atoms with van der Waals surface area (Å²) in [6.07, 6.45) is 0. The first kappa shape index (κ1) is 12.3. The first-order chi connectivity index (χ1) is 10.3. The lowest BCUT2D eigenvalue weighted by molar-refractivity contribution is 0.418. The maximum Gasteiger partial charge on any atom is 0.161 e. The molecule has 0 saturated carbocycles. The third-order valence-electron chi connectivity index (χ3n) is 3.66. The van der Waals surface area contributed by atoms with Gasteiger partial charge >= 0.3 is 0 Å². The summed E-state index contributed by atoms with van der Waals surface area (Å²) >= 11 is 6.32. The first-order valence-corrected chi connectivity index (χ1v) is 7.02. The number of phenolic OH excluding ortho intramolecular Hbond substituents is 1. The number of fused-ring (bicyclic) bond motifs is 2. The standard InChI is InChI=1S/C18H11ClO2/c19-15-17-13(11-7-3-1-4-8-11)16(20)14(18(15)21-17)12-9-5-2-6-10-12/h1-10,20H. The summed E-state index contributed by atoms with van der Waals surface area (Å²) in [4.78, 5) is 0. The average Bonchev–Trinajstić information content (AvgIpc) is 2.55. The lowest BCUT2D eigenvalue weighted by Crippen LogP contribution is -2.04. The third kappa shape index (κ3) is 1.73. The molecule has 3 heteroatoms. The first-order valence-electron chi connectivity index (χ1n) is 6.64. The molecule has 2 heterocycles. The van der Waals surface area contributed by atoms with E-state index in [0.29, 0.717) is 27.6 Å². The Morgan fingerprint density at radius 3 is 1.52 bits per heavy atom. The zero-order valence-electron chi connectivity index (χ0n) is 11.0. The van der Waals surface area contributed by atoms with Gasteiger partial charge in [-0.1, -0.05) is 72.3 Å². The maximum atomic E-state index is 10.7. The molecule has 0 amide bonds. The van der Waals surface area contributed by atoms with E-state index in [9.17, 15) is 5.11 Å². The van der Waals surface area contributed by atoms with E-state index in [1.54, 1.807) is 0 Å². The molecule has 0 saturated heterocycles. The molecule has 0 aromatic heterocycles. The van der Waals surface area contributed by atoms with Gasteiger partial charge in [0.1, 0.15) is 10.8 Å². The molecule has 0 radical (unpaired) electrons. The Hall–Kier alpha value is -2.45. The van der Waals surface area contributed by atoms with Crippen LogP contribution in [0.3, 0.4) is 0 Å². The van der Waals surface area contributed by atoms with Crippen LogP contribution in [0.15, 0.2) is 60.7 Å². The van der Waals surface area contributed by atoms with Crippen LogP contribution >= 0.6 is 11.6 Å². The molecule has 21 heavy (non-hydrogen) atoms. The van der Waals surface area contributed by atoms with Gasteiger partial charge in [-0.15, -0.1) is 0 Å². The van der Waals surface area contributed by atoms with Crippen LogP contribution < -0.4 is 4.74 Å². The Labute approximate surface area is 127 Å². The van der Waals surface area contributed by atoms with Gasteiger partial charge in [-0.05, 0) is 11.1 Å². The zero-order chi connectivity index (χ0) is 14.4. The van der Waals surface area contributed by atoms with Crippen molar-refractivity contribution in [2.45, 2.75) is 0 Å². The summed E-state index contributed by atoms with van der Waals surface area (Å²) in [5, 5.41) is 11.3. The lowest BCUT2D eigenvalue weighted by Gasteiger charge is -2.28. The van der Waals surface area contributed by atoms with Crippen LogP contribution in [-0.2, 0) is 0 Å². The molecule has 1 N–H and O–H groups in total. The van der Waals surface area contributed by atoms with Crippen molar-refractivity contribution in [2.75, 3.05) is 0 Å². The zero-order valence-corrected chi connectivity index (χ0v) is 11.8. The van der Waals surface area contributed by atoms with Crippen LogP contribution in [-0.4, -0.2) is 5.11 Å². The molecule has 3 aromatic carbocycles. The van der Waals surface area contributed by atoms with Crippen molar-refractivity contribution in [3.05, 3.63) is 65.7 Å². The fourth-order valence-electron chi connectivity index (χ4n) is 2.66. The highest BCUT2D eigenvalue weighted by molar-refractivity contribution is 6.36. The van der Waals surface area contributed by atoms with E-state index in [1.807, 2.05) is 60.7 Å². The van der Waals surface area contributed by atoms with Crippen LogP contribution in [0.4, 0.5) is 0 Å². The summed E-state index contributed by atoms with van der Waals surface area (Å²) < 4.78 is 5.70. The monoisotopic (exact) mass is 294 g/mol. The molecule has 2 bridgehead atoms. The Morgan fingerprint density at radius 2 is 1.14 bits per heavy atom. The Bertz CT molecular complexity index is 760. The Kier molecular flexibility index (Phi) is 2.66. The predicted octanol–water partition coefficient (Wildman–Crippen LogP) is 5.49. The van der Waals surface area contributed by atoms with Gasteiger partial charge < -0.3 is 9.84 Å². The number of hydrogen-bond acceptors (Lipinski definition) is 2. The van der Waals surface area contributed by atoms with E-state index in [2.05, 4.69) is 0 Å². The fourth-order valence-corrected chi connectivity index (χ4v) is 2.92. The van der Waals surface area contributed by atoms with Gasteiger partial charge in [-0.3, -0.25) is 0 Å². The summed E-state index contributed by atoms with van der Waals surface area (Å²) in [6, 6.07) is 19.3. The van der Waals surface area contributed by atoms with Crippen molar-refractivity contribution in [3.8, 4) is 39.5 Å². The lowest BCUT2D eigenvalue weighted by atomic mass is 9.93. The second kappa shape index (κ2) is 4.54. The second-order valence-electron chi connectivity index (χ2n) is 4.90. The number of benzene rings is 3. The van der Waals surface area contributed by atoms with Crippen LogP contribution in [0.2, 0.25) is 5.02 Å². The normalized spacial score (nSPS) is 11.7. The highest BCUT2D eigenvalue weighted by Crippen LogP contribution is 2.62. The molecule has 0 atom stereocenters. The topological polar surface area (TPSA) is 29.5 Å². The number of aromatic hydroxyl groups is 1. The van der Waals surface area contributed by atoms with Crippen molar-refractivity contribution in [1.29, 1.82) is 0 Å². The molecule has 5 rings (SSSR count). The summed E-state index contributed by atoms with van der Waals surface area (Å²) in [6.45, 7) is 0. The second-order valence-corrected chi connectivity index (χ2v) is 5.28. The van der Waals surface area contributed by atoms with Gasteiger partial charge in [0, 0.05) is 0 Å². The predicted molar refractivity (Wildman–Crippen MR) is 84.1 cm³/mol. The molecule has 2 aliphatic rings. The maximum absolute atomic E-state index is 10.7. The van der Waals surface area contributed by atoms with E-state index < -0.39 is 0 Å². The average molecular weight is 295 g/mol. The van der Waals surface area contributed by atoms with E-state index in [1.165, 1.54) is 0 Å². The van der Waals surface area contributed by atoms with Crippen molar-refractivity contribution in [1.82, 2.24) is 0 Å². The van der Waals surface area contributed by atoms with Gasteiger partial charge in [0.15, 0.2) is 11.5 Å². The fraction of sp³-hybridized carbons (Fsp3) is 0. The van der Waals surface area contributed by atoms with Gasteiger partial charge in [-0.2, -0.15) is 0 Å². The van der Waals surface area contributed by atoms with Crippen LogP contribution in [0.25, 0.3) is 22.3 Å². The van der Waals surface area contributed by atoms with Gasteiger partial charge in [0.25, 0.3) is 0 Å². The Morgan fingerprint density at radius 1 is 0.714 bits per heavy atom. The SMILES string of the molecule is Oc1c(-c2ccccc2)c2c(Cl)c(c1-c1ccccc1)O2. The van der Waals surface area contributed by atoms with E-state index in [-0.39, 0.29) is 5.75 Å². The largest absolute Gasteiger partial charge is 0.506 e.